The molecule has 7 nitrogen and oxygen atoms in total. The summed E-state index contributed by atoms with van der Waals surface area (Å²) in [5.74, 6) is -0.118. The SMILES string of the molecule is C[C@](O)(CNC1CCN(Cc2ccc(Cl)cc2)CC1)COc1cc(O)ccc1CC(N)=O. The molecule has 1 atom stereocenters. The molecule has 1 amide bonds. The summed E-state index contributed by atoms with van der Waals surface area (Å²) in [5.41, 5.74) is 5.99. The van der Waals surface area contributed by atoms with E-state index in [4.69, 9.17) is 22.1 Å². The van der Waals surface area contributed by atoms with Crippen molar-refractivity contribution in [1.82, 2.24) is 10.2 Å². The number of benzene rings is 2. The zero-order valence-corrected chi connectivity index (χ0v) is 19.1. The molecule has 1 aliphatic heterocycles. The third kappa shape index (κ3) is 7.67. The number of likely N-dealkylation sites (tertiary alicyclic amines) is 1. The van der Waals surface area contributed by atoms with Gasteiger partial charge in [-0.05, 0) is 56.6 Å². The zero-order valence-electron chi connectivity index (χ0n) is 18.4. The molecule has 2 aromatic rings. The Labute approximate surface area is 194 Å². The molecule has 3 rings (SSSR count). The number of hydrogen-bond donors (Lipinski definition) is 4. The summed E-state index contributed by atoms with van der Waals surface area (Å²) in [7, 11) is 0. The van der Waals surface area contributed by atoms with Gasteiger partial charge in [-0.15, -0.1) is 0 Å². The molecule has 0 spiro atoms. The number of carbonyl (C=O) groups is 1. The molecule has 1 aliphatic rings. The van der Waals surface area contributed by atoms with E-state index in [1.54, 1.807) is 13.0 Å². The molecule has 2 aromatic carbocycles. The van der Waals surface area contributed by atoms with E-state index in [-0.39, 0.29) is 18.8 Å². The van der Waals surface area contributed by atoms with Crippen LogP contribution in [-0.4, -0.2) is 58.9 Å². The first-order valence-corrected chi connectivity index (χ1v) is 11.2. The normalized spacial score (nSPS) is 17.1. The molecule has 0 saturated carbocycles. The standard InChI is InChI=1S/C24H32ClN3O4/c1-24(31,16-32-22-13-21(29)7-4-18(22)12-23(26)30)15-27-20-8-10-28(11-9-20)14-17-2-5-19(25)6-3-17/h2-7,13,20,27,29,31H,8-12,14-16H2,1H3,(H2,26,30)/t24-/m0/s1. The van der Waals surface area contributed by atoms with Crippen molar-refractivity contribution < 1.29 is 19.7 Å². The maximum Gasteiger partial charge on any atom is 0.221 e. The number of nitrogens with one attached hydrogen (secondary N) is 1. The highest BCUT2D eigenvalue weighted by molar-refractivity contribution is 6.30. The van der Waals surface area contributed by atoms with E-state index in [1.807, 2.05) is 12.1 Å². The molecule has 0 aromatic heterocycles. The minimum atomic E-state index is -1.12. The lowest BCUT2D eigenvalue weighted by Crippen LogP contribution is -2.49. The number of halogens is 1. The molecule has 174 valence electrons. The number of hydrogen-bond acceptors (Lipinski definition) is 6. The van der Waals surface area contributed by atoms with Gasteiger partial charge in [0.15, 0.2) is 0 Å². The van der Waals surface area contributed by atoms with Gasteiger partial charge in [0.25, 0.3) is 0 Å². The van der Waals surface area contributed by atoms with Crippen LogP contribution in [0.3, 0.4) is 0 Å². The summed E-state index contributed by atoms with van der Waals surface area (Å²) in [4.78, 5) is 13.7. The maximum absolute atomic E-state index is 11.3. The number of nitrogens with two attached hydrogens (primary N) is 1. The maximum atomic E-state index is 11.3. The van der Waals surface area contributed by atoms with Gasteiger partial charge in [0.05, 0.1) is 6.42 Å². The fraction of sp³-hybridized carbons (Fsp3) is 0.458. The molecule has 0 bridgehead atoms. The quantitative estimate of drug-likeness (QED) is 0.433. The number of nitrogens with zero attached hydrogens (tertiary/aromatic N) is 1. The van der Waals surface area contributed by atoms with E-state index >= 15 is 0 Å². The molecular weight excluding hydrogens is 430 g/mol. The van der Waals surface area contributed by atoms with Crippen LogP contribution in [0.5, 0.6) is 11.5 Å². The Morgan fingerprint density at radius 3 is 2.59 bits per heavy atom. The van der Waals surface area contributed by atoms with Crippen LogP contribution in [0, 0.1) is 0 Å². The van der Waals surface area contributed by atoms with E-state index < -0.39 is 11.5 Å². The fourth-order valence-electron chi connectivity index (χ4n) is 3.80. The highest BCUT2D eigenvalue weighted by Gasteiger charge is 2.26. The molecule has 1 heterocycles. The lowest BCUT2D eigenvalue weighted by Gasteiger charge is -2.34. The second kappa shape index (κ2) is 11.0. The number of phenolic OH excluding ortho intramolecular Hbond substituents is 1. The van der Waals surface area contributed by atoms with E-state index in [9.17, 15) is 15.0 Å². The van der Waals surface area contributed by atoms with Crippen LogP contribution in [0.2, 0.25) is 5.02 Å². The number of piperidine rings is 1. The van der Waals surface area contributed by atoms with Crippen molar-refractivity contribution >= 4 is 17.5 Å². The number of aliphatic hydroxyl groups is 1. The molecular formula is C24H32ClN3O4. The van der Waals surface area contributed by atoms with Crippen LogP contribution in [0.15, 0.2) is 42.5 Å². The van der Waals surface area contributed by atoms with Crippen molar-refractivity contribution in [1.29, 1.82) is 0 Å². The second-order valence-electron chi connectivity index (χ2n) is 8.78. The summed E-state index contributed by atoms with van der Waals surface area (Å²) in [5, 5.41) is 24.7. The van der Waals surface area contributed by atoms with Gasteiger partial charge < -0.3 is 26.0 Å². The van der Waals surface area contributed by atoms with Gasteiger partial charge in [0.1, 0.15) is 23.7 Å². The Bertz CT molecular complexity index is 897. The van der Waals surface area contributed by atoms with Gasteiger partial charge in [0, 0.05) is 35.8 Å². The summed E-state index contributed by atoms with van der Waals surface area (Å²) >= 11 is 5.96. The Hall–Kier alpha value is -2.32. The van der Waals surface area contributed by atoms with Gasteiger partial charge in [0.2, 0.25) is 5.91 Å². The van der Waals surface area contributed by atoms with Crippen LogP contribution in [0.4, 0.5) is 0 Å². The average molecular weight is 462 g/mol. The van der Waals surface area contributed by atoms with Crippen LogP contribution < -0.4 is 15.8 Å². The zero-order chi connectivity index (χ0) is 23.1. The first-order chi connectivity index (χ1) is 15.2. The number of carbonyl (C=O) groups excluding carboxylic acids is 1. The molecule has 1 fully saturated rings. The first kappa shape index (κ1) is 24.3. The lowest BCUT2D eigenvalue weighted by atomic mass is 10.0. The number of phenols is 1. The summed E-state index contributed by atoms with van der Waals surface area (Å²) in [6, 6.07) is 12.8. The highest BCUT2D eigenvalue weighted by Crippen LogP contribution is 2.25. The Balaban J connectivity index is 1.43. The molecule has 0 radical (unpaired) electrons. The third-order valence-corrected chi connectivity index (χ3v) is 5.88. The van der Waals surface area contributed by atoms with E-state index in [2.05, 4.69) is 22.3 Å². The first-order valence-electron chi connectivity index (χ1n) is 10.9. The third-order valence-electron chi connectivity index (χ3n) is 5.63. The molecule has 8 heteroatoms. The van der Waals surface area contributed by atoms with E-state index in [0.717, 1.165) is 37.5 Å². The van der Waals surface area contributed by atoms with Gasteiger partial charge in [-0.3, -0.25) is 9.69 Å². The molecule has 5 N–H and O–H groups in total. The number of amides is 1. The van der Waals surface area contributed by atoms with Gasteiger partial charge in [-0.1, -0.05) is 29.8 Å². The van der Waals surface area contributed by atoms with Gasteiger partial charge >= 0.3 is 0 Å². The number of aromatic hydroxyl groups is 1. The minimum absolute atomic E-state index is 0.00456. The Morgan fingerprint density at radius 2 is 1.94 bits per heavy atom. The number of ether oxygens (including phenoxy) is 1. The van der Waals surface area contributed by atoms with Crippen LogP contribution in [0.1, 0.15) is 30.9 Å². The Morgan fingerprint density at radius 1 is 1.25 bits per heavy atom. The van der Waals surface area contributed by atoms with Crippen molar-refractivity contribution in [3.05, 3.63) is 58.6 Å². The lowest BCUT2D eigenvalue weighted by molar-refractivity contribution is -0.117. The smallest absolute Gasteiger partial charge is 0.221 e. The summed E-state index contributed by atoms with van der Waals surface area (Å²) in [6.07, 6.45) is 2.00. The second-order valence-corrected chi connectivity index (χ2v) is 9.21. The monoisotopic (exact) mass is 461 g/mol. The van der Waals surface area contributed by atoms with Gasteiger partial charge in [-0.2, -0.15) is 0 Å². The predicted octanol–water partition coefficient (Wildman–Crippen LogP) is 2.46. The van der Waals surface area contributed by atoms with Crippen LogP contribution in [0.25, 0.3) is 0 Å². The van der Waals surface area contributed by atoms with Gasteiger partial charge in [-0.25, -0.2) is 0 Å². The topological polar surface area (TPSA) is 108 Å². The van der Waals surface area contributed by atoms with E-state index in [1.165, 1.54) is 17.7 Å². The molecule has 0 unspecified atom stereocenters. The van der Waals surface area contributed by atoms with Crippen molar-refractivity contribution in [3.8, 4) is 11.5 Å². The number of primary amides is 1. The fourth-order valence-corrected chi connectivity index (χ4v) is 3.93. The van der Waals surface area contributed by atoms with Crippen molar-refractivity contribution in [2.45, 2.75) is 44.4 Å². The molecule has 32 heavy (non-hydrogen) atoms. The van der Waals surface area contributed by atoms with E-state index in [0.29, 0.717) is 23.9 Å². The summed E-state index contributed by atoms with van der Waals surface area (Å²) in [6.45, 7) is 4.97. The predicted molar refractivity (Wildman–Crippen MR) is 125 cm³/mol. The highest BCUT2D eigenvalue weighted by atomic mass is 35.5. The number of rotatable bonds is 10. The summed E-state index contributed by atoms with van der Waals surface area (Å²) < 4.78 is 5.74. The largest absolute Gasteiger partial charge is 0.508 e. The van der Waals surface area contributed by atoms with Crippen LogP contribution in [-0.2, 0) is 17.8 Å². The van der Waals surface area contributed by atoms with Crippen molar-refractivity contribution in [3.63, 3.8) is 0 Å². The average Bonchev–Trinajstić information content (AvgIpc) is 2.75. The molecule has 1 saturated heterocycles. The minimum Gasteiger partial charge on any atom is -0.508 e. The molecule has 0 aliphatic carbocycles. The van der Waals surface area contributed by atoms with Crippen LogP contribution >= 0.6 is 11.6 Å². The Kier molecular flexibility index (Phi) is 8.37. The van der Waals surface area contributed by atoms with Crippen molar-refractivity contribution in [2.75, 3.05) is 26.2 Å². The van der Waals surface area contributed by atoms with Crippen molar-refractivity contribution in [2.24, 2.45) is 5.73 Å².